The molecule has 5 rings (SSSR count). The number of anilines is 1. The van der Waals surface area contributed by atoms with Crippen LogP contribution in [0.5, 0.6) is 11.6 Å². The van der Waals surface area contributed by atoms with E-state index in [0.29, 0.717) is 42.7 Å². The highest BCUT2D eigenvalue weighted by Gasteiger charge is 2.71. The molecule has 1 N–H and O–H groups in total. The number of piperazine rings is 1. The topological polar surface area (TPSA) is 116 Å². The second-order valence-electron chi connectivity index (χ2n) is 11.7. The van der Waals surface area contributed by atoms with Crippen molar-refractivity contribution in [3.05, 3.63) is 47.2 Å². The number of aromatic nitrogens is 1. The van der Waals surface area contributed by atoms with Crippen LogP contribution in [-0.4, -0.2) is 107 Å². The lowest BCUT2D eigenvalue weighted by Gasteiger charge is -2.42. The van der Waals surface area contributed by atoms with Gasteiger partial charge >= 0.3 is 18.4 Å². The minimum atomic E-state index is -6.01. The largest absolute Gasteiger partial charge is 0.484 e. The lowest BCUT2D eigenvalue weighted by molar-refractivity contribution is -0.376. The van der Waals surface area contributed by atoms with Gasteiger partial charge in [0.15, 0.2) is 5.75 Å². The number of alkyl halides is 6. The van der Waals surface area contributed by atoms with Crippen molar-refractivity contribution >= 4 is 23.5 Å². The number of ether oxygens (including phenoxy) is 2. The molecule has 2 atom stereocenters. The fourth-order valence-corrected chi connectivity index (χ4v) is 6.14. The first kappa shape index (κ1) is 34.1. The van der Waals surface area contributed by atoms with E-state index in [1.807, 2.05) is 0 Å². The Morgan fingerprint density at radius 2 is 1.72 bits per heavy atom. The Balaban J connectivity index is 1.30. The van der Waals surface area contributed by atoms with Crippen LogP contribution in [0, 0.1) is 0 Å². The quantitative estimate of drug-likeness (QED) is 0.349. The predicted octanol–water partition coefficient (Wildman–Crippen LogP) is 3.79. The average molecular weight is 674 g/mol. The van der Waals surface area contributed by atoms with Gasteiger partial charge in [-0.15, -0.1) is 0 Å². The second-order valence-corrected chi connectivity index (χ2v) is 11.7. The number of hydrogen-bond donors (Lipinski definition) is 1. The fraction of sp³-hybridized carbons (Fsp3) is 0.533. The molecule has 3 aliphatic rings. The van der Waals surface area contributed by atoms with E-state index in [1.165, 1.54) is 23.0 Å². The van der Waals surface area contributed by atoms with Gasteiger partial charge in [-0.2, -0.15) is 26.3 Å². The molecule has 1 aromatic carbocycles. The SMILES string of the molecule is CCCc1cc(C(O)(C(F)(F)F)C(F)(F)F)ccc1N1CCN(C(=O)CN2C(=O)C(c3cnc4c(c3)OCCO4)N(C)C2=O)C[C@@H]1C. The van der Waals surface area contributed by atoms with Gasteiger partial charge in [0.05, 0.1) is 0 Å². The number of hydrogen-bond acceptors (Lipinski definition) is 8. The van der Waals surface area contributed by atoms with Crippen LogP contribution in [0.3, 0.4) is 0 Å². The van der Waals surface area contributed by atoms with Gasteiger partial charge in [-0.25, -0.2) is 9.78 Å². The van der Waals surface area contributed by atoms with Gasteiger partial charge in [-0.3, -0.25) is 14.5 Å². The second kappa shape index (κ2) is 12.4. The summed E-state index contributed by atoms with van der Waals surface area (Å²) >= 11 is 0. The van der Waals surface area contributed by atoms with E-state index in [-0.39, 0.29) is 37.5 Å². The molecule has 2 fully saturated rings. The molecule has 2 saturated heterocycles. The standard InChI is InChI=1S/C30H33F6N5O6/c1-4-5-18-12-20(28(45,29(31,32)33)30(34,35)36)6-7-21(18)40-9-8-39(15-17(40)2)23(42)16-41-26(43)24(38(3)27(41)44)19-13-22-25(37-14-19)47-11-10-46-22/h6-7,12-14,17,24,45H,4-5,8-11,15-16H2,1-3H3/t17-,24?/m0/s1. The van der Waals surface area contributed by atoms with Crippen LogP contribution in [0.15, 0.2) is 30.5 Å². The zero-order valence-electron chi connectivity index (χ0n) is 25.7. The van der Waals surface area contributed by atoms with Crippen LogP contribution in [-0.2, 0) is 21.6 Å². The number of rotatable bonds is 7. The van der Waals surface area contributed by atoms with Gasteiger partial charge in [0, 0.05) is 55.7 Å². The molecule has 0 saturated carbocycles. The van der Waals surface area contributed by atoms with Crippen LogP contribution in [0.2, 0.25) is 0 Å². The lowest BCUT2D eigenvalue weighted by atomic mass is 9.89. The Hall–Kier alpha value is -4.28. The summed E-state index contributed by atoms with van der Waals surface area (Å²) in [6, 6.07) is 1.88. The Bertz CT molecular complexity index is 1540. The monoisotopic (exact) mass is 673 g/mol. The lowest BCUT2D eigenvalue weighted by Crippen LogP contribution is -2.56. The molecule has 0 aliphatic carbocycles. The molecular weight excluding hydrogens is 640 g/mol. The van der Waals surface area contributed by atoms with Crippen LogP contribution in [0.4, 0.5) is 36.8 Å². The number of halogens is 6. The number of likely N-dealkylation sites (N-methyl/N-ethyl adjacent to an activating group) is 1. The number of fused-ring (bicyclic) bond motifs is 1. The number of benzene rings is 1. The van der Waals surface area contributed by atoms with Gasteiger partial charge in [-0.05, 0) is 31.0 Å². The molecule has 47 heavy (non-hydrogen) atoms. The minimum absolute atomic E-state index is 0.1000. The first-order chi connectivity index (χ1) is 22.0. The maximum absolute atomic E-state index is 13.5. The third kappa shape index (κ3) is 6.00. The van der Waals surface area contributed by atoms with Crippen molar-refractivity contribution in [3.63, 3.8) is 0 Å². The van der Waals surface area contributed by atoms with Gasteiger partial charge < -0.3 is 29.3 Å². The molecule has 4 amide bonds. The van der Waals surface area contributed by atoms with E-state index in [1.54, 1.807) is 24.8 Å². The Labute approximate surface area is 265 Å². The highest BCUT2D eigenvalue weighted by molar-refractivity contribution is 6.06. The van der Waals surface area contributed by atoms with Gasteiger partial charge in [0.1, 0.15) is 25.8 Å². The normalized spacial score (nSPS) is 20.7. The summed E-state index contributed by atoms with van der Waals surface area (Å²) in [5.74, 6) is -0.548. The van der Waals surface area contributed by atoms with Crippen molar-refractivity contribution < 1.29 is 55.3 Å². The van der Waals surface area contributed by atoms with Crippen molar-refractivity contribution in [1.82, 2.24) is 19.7 Å². The molecule has 11 nitrogen and oxygen atoms in total. The van der Waals surface area contributed by atoms with Crippen molar-refractivity contribution in [2.24, 2.45) is 0 Å². The van der Waals surface area contributed by atoms with E-state index in [0.717, 1.165) is 17.0 Å². The Morgan fingerprint density at radius 3 is 2.36 bits per heavy atom. The molecule has 256 valence electrons. The Morgan fingerprint density at radius 1 is 1.04 bits per heavy atom. The first-order valence-corrected chi connectivity index (χ1v) is 14.9. The van der Waals surface area contributed by atoms with Crippen molar-refractivity contribution in [1.29, 1.82) is 0 Å². The zero-order valence-corrected chi connectivity index (χ0v) is 25.7. The Kier molecular flexibility index (Phi) is 8.98. The molecule has 0 spiro atoms. The number of aryl methyl sites for hydroxylation is 1. The summed E-state index contributed by atoms with van der Waals surface area (Å²) in [6.45, 7) is 3.90. The number of pyridine rings is 1. The molecule has 1 aromatic heterocycles. The van der Waals surface area contributed by atoms with Crippen molar-refractivity contribution in [2.75, 3.05) is 51.3 Å². The van der Waals surface area contributed by atoms with Crippen LogP contribution >= 0.6 is 0 Å². The highest BCUT2D eigenvalue weighted by atomic mass is 19.4. The fourth-order valence-electron chi connectivity index (χ4n) is 6.14. The molecule has 3 aliphatic heterocycles. The van der Waals surface area contributed by atoms with E-state index < -0.39 is 60.0 Å². The van der Waals surface area contributed by atoms with E-state index >= 15 is 0 Å². The number of carbonyl (C=O) groups excluding carboxylic acids is 3. The summed E-state index contributed by atoms with van der Waals surface area (Å²) in [6.07, 6.45) is -10.1. The number of imide groups is 1. The van der Waals surface area contributed by atoms with Gasteiger partial charge in [-0.1, -0.05) is 25.5 Å². The molecule has 0 bridgehead atoms. The summed E-state index contributed by atoms with van der Waals surface area (Å²) in [7, 11) is 1.43. The summed E-state index contributed by atoms with van der Waals surface area (Å²) < 4.78 is 92.2. The van der Waals surface area contributed by atoms with Crippen LogP contribution in [0.1, 0.15) is 43.0 Å². The smallest absolute Gasteiger partial charge is 0.430 e. The van der Waals surface area contributed by atoms with Crippen molar-refractivity contribution in [2.45, 2.75) is 56.7 Å². The van der Waals surface area contributed by atoms with E-state index in [4.69, 9.17) is 9.47 Å². The number of carbonyl (C=O) groups is 3. The summed E-state index contributed by atoms with van der Waals surface area (Å²) in [5, 5.41) is 9.92. The third-order valence-electron chi connectivity index (χ3n) is 8.57. The molecule has 1 unspecified atom stereocenters. The predicted molar refractivity (Wildman–Crippen MR) is 153 cm³/mol. The molecule has 17 heteroatoms. The van der Waals surface area contributed by atoms with Crippen LogP contribution in [0.25, 0.3) is 0 Å². The minimum Gasteiger partial charge on any atom is -0.484 e. The van der Waals surface area contributed by atoms with Crippen molar-refractivity contribution in [3.8, 4) is 11.6 Å². The summed E-state index contributed by atoms with van der Waals surface area (Å²) in [4.78, 5) is 49.2. The first-order valence-electron chi connectivity index (χ1n) is 14.9. The molecular formula is C30H33F6N5O6. The average Bonchev–Trinajstić information content (AvgIpc) is 3.22. The number of urea groups is 1. The number of nitrogens with zero attached hydrogens (tertiary/aromatic N) is 5. The van der Waals surface area contributed by atoms with Gasteiger partial charge in [0.25, 0.3) is 17.4 Å². The van der Waals surface area contributed by atoms with E-state index in [9.17, 15) is 45.8 Å². The van der Waals surface area contributed by atoms with E-state index in [2.05, 4.69) is 4.98 Å². The summed E-state index contributed by atoms with van der Waals surface area (Å²) in [5.41, 5.74) is -5.44. The third-order valence-corrected chi connectivity index (χ3v) is 8.57. The molecule has 2 aromatic rings. The molecule has 4 heterocycles. The highest BCUT2D eigenvalue weighted by Crippen LogP contribution is 2.50. The molecule has 0 radical (unpaired) electrons. The number of amides is 4. The van der Waals surface area contributed by atoms with Crippen LogP contribution < -0.4 is 14.4 Å². The zero-order chi connectivity index (χ0) is 34.5. The maximum atomic E-state index is 13.5. The maximum Gasteiger partial charge on any atom is 0.430 e. The number of aliphatic hydroxyl groups is 1. The van der Waals surface area contributed by atoms with Gasteiger partial charge in [0.2, 0.25) is 5.91 Å².